The van der Waals surface area contributed by atoms with Crippen molar-refractivity contribution < 1.29 is 4.39 Å². The minimum absolute atomic E-state index is 0.252. The van der Waals surface area contributed by atoms with E-state index in [-0.39, 0.29) is 5.82 Å². The van der Waals surface area contributed by atoms with Gasteiger partial charge >= 0.3 is 0 Å². The number of anilines is 1. The van der Waals surface area contributed by atoms with Crippen molar-refractivity contribution in [2.24, 2.45) is 5.10 Å². The lowest BCUT2D eigenvalue weighted by Crippen LogP contribution is -1.90. The number of halogens is 1. The van der Waals surface area contributed by atoms with Crippen LogP contribution in [-0.2, 0) is 0 Å². The van der Waals surface area contributed by atoms with Gasteiger partial charge in [-0.2, -0.15) is 5.10 Å². The second kappa shape index (κ2) is 5.07. The Balaban J connectivity index is 1.97. The molecule has 2 nitrogen and oxygen atoms in total. The molecule has 2 rings (SSSR count). The van der Waals surface area contributed by atoms with Gasteiger partial charge in [0.25, 0.3) is 0 Å². The van der Waals surface area contributed by atoms with Crippen molar-refractivity contribution in [1.29, 1.82) is 0 Å². The predicted octanol–water partition coefficient (Wildman–Crippen LogP) is 3.27. The third kappa shape index (κ3) is 2.92. The van der Waals surface area contributed by atoms with Crippen LogP contribution in [0, 0.1) is 5.82 Å². The maximum absolute atomic E-state index is 12.6. The molecule has 0 aliphatic rings. The molecule has 80 valence electrons. The second-order valence-electron chi connectivity index (χ2n) is 3.29. The first-order valence-electron chi connectivity index (χ1n) is 4.94. The van der Waals surface area contributed by atoms with E-state index in [0.717, 1.165) is 11.3 Å². The number of nitrogens with zero attached hydrogens (tertiary/aromatic N) is 1. The Morgan fingerprint density at radius 1 is 0.938 bits per heavy atom. The lowest BCUT2D eigenvalue weighted by atomic mass is 10.2. The minimum atomic E-state index is -0.252. The lowest BCUT2D eigenvalue weighted by Gasteiger charge is -1.98. The van der Waals surface area contributed by atoms with Crippen molar-refractivity contribution in [3.8, 4) is 0 Å². The SMILES string of the molecule is Fc1ccc(N/N=C\c2ccccc2)cc1. The fraction of sp³-hybridized carbons (Fsp3) is 0. The highest BCUT2D eigenvalue weighted by Crippen LogP contribution is 2.07. The topological polar surface area (TPSA) is 24.4 Å². The largest absolute Gasteiger partial charge is 0.279 e. The normalized spacial score (nSPS) is 10.6. The number of rotatable bonds is 3. The molecule has 0 bridgehead atoms. The molecular formula is C13H11FN2. The first kappa shape index (κ1) is 10.4. The predicted molar refractivity (Wildman–Crippen MR) is 64.1 cm³/mol. The van der Waals surface area contributed by atoms with Gasteiger partial charge in [0.15, 0.2) is 0 Å². The van der Waals surface area contributed by atoms with Gasteiger partial charge in [0, 0.05) is 0 Å². The molecule has 2 aromatic rings. The maximum Gasteiger partial charge on any atom is 0.123 e. The van der Waals surface area contributed by atoms with Crippen LogP contribution in [0.1, 0.15) is 5.56 Å². The molecule has 0 amide bonds. The van der Waals surface area contributed by atoms with Gasteiger partial charge in [-0.1, -0.05) is 30.3 Å². The summed E-state index contributed by atoms with van der Waals surface area (Å²) in [5, 5.41) is 4.04. The molecule has 0 radical (unpaired) electrons. The highest BCUT2D eigenvalue weighted by atomic mass is 19.1. The molecule has 0 atom stereocenters. The Kier molecular flexibility index (Phi) is 3.28. The zero-order chi connectivity index (χ0) is 11.2. The molecule has 1 N–H and O–H groups in total. The fourth-order valence-electron chi connectivity index (χ4n) is 1.24. The Morgan fingerprint density at radius 3 is 2.31 bits per heavy atom. The third-order valence-corrected chi connectivity index (χ3v) is 2.05. The van der Waals surface area contributed by atoms with Crippen LogP contribution in [0.4, 0.5) is 10.1 Å². The molecule has 0 saturated carbocycles. The van der Waals surface area contributed by atoms with E-state index in [0.29, 0.717) is 0 Å². The van der Waals surface area contributed by atoms with E-state index in [4.69, 9.17) is 0 Å². The standard InChI is InChI=1S/C13H11FN2/c14-12-6-8-13(9-7-12)16-15-10-11-4-2-1-3-5-11/h1-10,16H/b15-10-. The summed E-state index contributed by atoms with van der Waals surface area (Å²) in [7, 11) is 0. The van der Waals surface area contributed by atoms with Gasteiger partial charge in [-0.15, -0.1) is 0 Å². The molecule has 0 spiro atoms. The quantitative estimate of drug-likeness (QED) is 0.615. The first-order chi connectivity index (χ1) is 7.84. The van der Waals surface area contributed by atoms with E-state index in [1.54, 1.807) is 18.3 Å². The highest BCUT2D eigenvalue weighted by molar-refractivity contribution is 5.79. The lowest BCUT2D eigenvalue weighted by molar-refractivity contribution is 0.628. The van der Waals surface area contributed by atoms with Crippen LogP contribution < -0.4 is 5.43 Å². The van der Waals surface area contributed by atoms with E-state index in [1.807, 2.05) is 30.3 Å². The van der Waals surface area contributed by atoms with Crippen molar-refractivity contribution >= 4 is 11.9 Å². The van der Waals surface area contributed by atoms with Crippen molar-refractivity contribution in [1.82, 2.24) is 0 Å². The average molecular weight is 214 g/mol. The van der Waals surface area contributed by atoms with Crippen LogP contribution in [0.15, 0.2) is 59.7 Å². The highest BCUT2D eigenvalue weighted by Gasteiger charge is 1.90. The monoisotopic (exact) mass is 214 g/mol. The molecule has 16 heavy (non-hydrogen) atoms. The van der Waals surface area contributed by atoms with Crippen molar-refractivity contribution in [2.75, 3.05) is 5.43 Å². The number of hydrogen-bond donors (Lipinski definition) is 1. The molecule has 2 aromatic carbocycles. The van der Waals surface area contributed by atoms with E-state index in [1.165, 1.54) is 12.1 Å². The molecule has 3 heteroatoms. The summed E-state index contributed by atoms with van der Waals surface area (Å²) < 4.78 is 12.6. The summed E-state index contributed by atoms with van der Waals surface area (Å²) in [4.78, 5) is 0. The summed E-state index contributed by atoms with van der Waals surface area (Å²) in [5.74, 6) is -0.252. The van der Waals surface area contributed by atoms with Gasteiger partial charge < -0.3 is 0 Å². The van der Waals surface area contributed by atoms with Gasteiger partial charge in [-0.25, -0.2) is 4.39 Å². The number of nitrogens with one attached hydrogen (secondary N) is 1. The zero-order valence-corrected chi connectivity index (χ0v) is 8.60. The summed E-state index contributed by atoms with van der Waals surface area (Å²) >= 11 is 0. The molecular weight excluding hydrogens is 203 g/mol. The van der Waals surface area contributed by atoms with Crippen LogP contribution in [0.2, 0.25) is 0 Å². The van der Waals surface area contributed by atoms with Crippen LogP contribution in [-0.4, -0.2) is 6.21 Å². The van der Waals surface area contributed by atoms with Crippen molar-refractivity contribution in [3.63, 3.8) is 0 Å². The molecule has 0 fully saturated rings. The number of hydrogen-bond acceptors (Lipinski definition) is 2. The summed E-state index contributed by atoms with van der Waals surface area (Å²) in [6.07, 6.45) is 1.71. The summed E-state index contributed by atoms with van der Waals surface area (Å²) in [5.41, 5.74) is 4.59. The van der Waals surface area contributed by atoms with Crippen LogP contribution in [0.25, 0.3) is 0 Å². The minimum Gasteiger partial charge on any atom is -0.279 e. The number of benzene rings is 2. The van der Waals surface area contributed by atoms with E-state index >= 15 is 0 Å². The van der Waals surface area contributed by atoms with Crippen LogP contribution in [0.3, 0.4) is 0 Å². The zero-order valence-electron chi connectivity index (χ0n) is 8.60. The molecule has 0 aliphatic carbocycles. The summed E-state index contributed by atoms with van der Waals surface area (Å²) in [6, 6.07) is 15.8. The Hall–Kier alpha value is -2.16. The Morgan fingerprint density at radius 2 is 1.62 bits per heavy atom. The molecule has 0 aliphatic heterocycles. The van der Waals surface area contributed by atoms with Gasteiger partial charge in [0.2, 0.25) is 0 Å². The van der Waals surface area contributed by atoms with Crippen molar-refractivity contribution in [3.05, 3.63) is 66.0 Å². The molecule has 0 heterocycles. The fourth-order valence-corrected chi connectivity index (χ4v) is 1.24. The maximum atomic E-state index is 12.6. The Labute approximate surface area is 93.4 Å². The van der Waals surface area contributed by atoms with E-state index in [2.05, 4.69) is 10.5 Å². The van der Waals surface area contributed by atoms with Gasteiger partial charge in [-0.3, -0.25) is 5.43 Å². The second-order valence-corrected chi connectivity index (χ2v) is 3.29. The molecule has 0 saturated heterocycles. The molecule has 0 aromatic heterocycles. The van der Waals surface area contributed by atoms with Gasteiger partial charge in [0.05, 0.1) is 11.9 Å². The Bertz CT molecular complexity index is 463. The van der Waals surface area contributed by atoms with Crippen LogP contribution >= 0.6 is 0 Å². The third-order valence-electron chi connectivity index (χ3n) is 2.05. The van der Waals surface area contributed by atoms with Crippen LogP contribution in [0.5, 0.6) is 0 Å². The number of hydrazone groups is 1. The van der Waals surface area contributed by atoms with E-state index in [9.17, 15) is 4.39 Å². The van der Waals surface area contributed by atoms with Gasteiger partial charge in [0.1, 0.15) is 5.82 Å². The van der Waals surface area contributed by atoms with E-state index < -0.39 is 0 Å². The van der Waals surface area contributed by atoms with Gasteiger partial charge in [-0.05, 0) is 29.8 Å². The molecule has 0 unspecified atom stereocenters. The first-order valence-corrected chi connectivity index (χ1v) is 4.94. The summed E-state index contributed by atoms with van der Waals surface area (Å²) in [6.45, 7) is 0. The van der Waals surface area contributed by atoms with Crippen molar-refractivity contribution in [2.45, 2.75) is 0 Å². The average Bonchev–Trinajstić information content (AvgIpc) is 2.33. The smallest absolute Gasteiger partial charge is 0.123 e.